The van der Waals surface area contributed by atoms with E-state index in [1.54, 1.807) is 35.2 Å². The first kappa shape index (κ1) is 30.0. The molecule has 0 spiro atoms. The summed E-state index contributed by atoms with van der Waals surface area (Å²) in [7, 11) is -3.91. The highest BCUT2D eigenvalue weighted by molar-refractivity contribution is 7.89. The van der Waals surface area contributed by atoms with Crippen molar-refractivity contribution in [2.75, 3.05) is 37.7 Å². The molecule has 9 nitrogen and oxygen atoms in total. The third-order valence-corrected chi connectivity index (χ3v) is 8.29. The molecule has 2 aromatic rings. The van der Waals surface area contributed by atoms with E-state index in [0.29, 0.717) is 53.9 Å². The summed E-state index contributed by atoms with van der Waals surface area (Å²) in [6.07, 6.45) is -0.341. The Kier molecular flexibility index (Phi) is 9.57. The monoisotopic (exact) mass is 584 g/mol. The van der Waals surface area contributed by atoms with Crippen LogP contribution in [0.15, 0.2) is 36.4 Å². The first-order valence-electron chi connectivity index (χ1n) is 12.3. The van der Waals surface area contributed by atoms with Crippen LogP contribution in [0.4, 0.5) is 10.5 Å². The van der Waals surface area contributed by atoms with Gasteiger partial charge in [-0.3, -0.25) is 9.69 Å². The molecule has 0 saturated carbocycles. The summed E-state index contributed by atoms with van der Waals surface area (Å²) >= 11 is 12.6. The van der Waals surface area contributed by atoms with Gasteiger partial charge in [0.1, 0.15) is 5.60 Å². The molecule has 2 N–H and O–H groups in total. The number of halogens is 2. The molecular weight excluding hydrogens is 551 g/mol. The molecule has 1 heterocycles. The van der Waals surface area contributed by atoms with E-state index in [2.05, 4.69) is 4.90 Å². The Morgan fingerprint density at radius 3 is 2.32 bits per heavy atom. The Bertz CT molecular complexity index is 1290. The molecule has 0 atom stereocenters. The van der Waals surface area contributed by atoms with E-state index in [9.17, 15) is 18.0 Å². The van der Waals surface area contributed by atoms with Crippen LogP contribution in [0, 0.1) is 0 Å². The van der Waals surface area contributed by atoms with Crippen LogP contribution in [0.2, 0.25) is 10.0 Å². The van der Waals surface area contributed by atoms with Gasteiger partial charge >= 0.3 is 6.09 Å². The number of anilines is 1. The Morgan fingerprint density at radius 1 is 1.08 bits per heavy atom. The molecule has 2 amide bonds. The number of nitrogens with zero attached hydrogens (tertiary/aromatic N) is 3. The number of hydrogen-bond donors (Lipinski definition) is 1. The summed E-state index contributed by atoms with van der Waals surface area (Å²) in [5, 5.41) is 0.733. The topological polar surface area (TPSA) is 113 Å². The lowest BCUT2D eigenvalue weighted by Crippen LogP contribution is -2.49. The second-order valence-electron chi connectivity index (χ2n) is 10.1. The fourth-order valence-electron chi connectivity index (χ4n) is 3.99. The average Bonchev–Trinajstić information content (AvgIpc) is 2.83. The fraction of sp³-hybridized carbons (Fsp3) is 0.462. The summed E-state index contributed by atoms with van der Waals surface area (Å²) in [5.41, 5.74) is 7.09. The van der Waals surface area contributed by atoms with Crippen LogP contribution in [-0.4, -0.2) is 72.1 Å². The lowest BCUT2D eigenvalue weighted by Gasteiger charge is -2.35. The zero-order valence-corrected chi connectivity index (χ0v) is 24.4. The summed E-state index contributed by atoms with van der Waals surface area (Å²) in [5.74, 6) is -1.02. The summed E-state index contributed by atoms with van der Waals surface area (Å²) in [6.45, 7) is 9.46. The van der Waals surface area contributed by atoms with Gasteiger partial charge in [-0.15, -0.1) is 0 Å². The van der Waals surface area contributed by atoms with Crippen LogP contribution in [0.1, 0.15) is 49.2 Å². The summed E-state index contributed by atoms with van der Waals surface area (Å²) in [6, 6.07) is 9.67. The van der Waals surface area contributed by atoms with E-state index in [-0.39, 0.29) is 29.6 Å². The second kappa shape index (κ2) is 12.1. The number of rotatable bonds is 7. The highest BCUT2D eigenvalue weighted by Crippen LogP contribution is 2.28. The number of benzene rings is 2. The average molecular weight is 586 g/mol. The first-order chi connectivity index (χ1) is 17.7. The molecule has 1 saturated heterocycles. The number of piperazine rings is 1. The van der Waals surface area contributed by atoms with Crippen molar-refractivity contribution in [3.8, 4) is 0 Å². The fourth-order valence-corrected chi connectivity index (χ4v) is 5.43. The maximum Gasteiger partial charge on any atom is 0.410 e. The Labute approximate surface area is 234 Å². The van der Waals surface area contributed by atoms with Gasteiger partial charge in [-0.1, -0.05) is 35.3 Å². The maximum absolute atomic E-state index is 13.4. The quantitative estimate of drug-likeness (QED) is 0.472. The molecule has 0 bridgehead atoms. The molecule has 1 fully saturated rings. The highest BCUT2D eigenvalue weighted by Gasteiger charge is 2.30. The van der Waals surface area contributed by atoms with Crippen molar-refractivity contribution in [2.24, 2.45) is 0 Å². The van der Waals surface area contributed by atoms with Gasteiger partial charge in [0.2, 0.25) is 10.0 Å². The zero-order valence-electron chi connectivity index (χ0n) is 22.0. The highest BCUT2D eigenvalue weighted by atomic mass is 35.5. The first-order valence-corrected chi connectivity index (χ1v) is 14.6. The minimum Gasteiger partial charge on any atom is -0.444 e. The molecule has 1 aliphatic rings. The zero-order chi connectivity index (χ0) is 28.3. The molecule has 12 heteroatoms. The van der Waals surface area contributed by atoms with Crippen molar-refractivity contribution in [1.82, 2.24) is 14.1 Å². The van der Waals surface area contributed by atoms with Gasteiger partial charge in [-0.2, -0.15) is 0 Å². The van der Waals surface area contributed by atoms with Crippen LogP contribution in [0.3, 0.4) is 0 Å². The number of carbonyl (C=O) groups is 2. The van der Waals surface area contributed by atoms with E-state index in [0.717, 1.165) is 4.31 Å². The number of hydrogen-bond acceptors (Lipinski definition) is 7. The van der Waals surface area contributed by atoms with E-state index in [4.69, 9.17) is 33.7 Å². The standard InChI is InChI=1S/C26H34Cl2N4O5S/c1-5-38(35,36)32(16-18-7-6-8-20(27)13-18)24(33)21-15-22(28)19(14-23(21)29)17-30-9-11-31(12-10-30)25(34)37-26(2,3)4/h6-8,13-15H,5,9-12,16-17,29H2,1-4H3. The van der Waals surface area contributed by atoms with Gasteiger partial charge in [0.15, 0.2) is 0 Å². The Hall–Kier alpha value is -2.53. The Balaban J connectivity index is 1.75. The molecule has 0 radical (unpaired) electrons. The van der Waals surface area contributed by atoms with Gasteiger partial charge in [0, 0.05) is 48.5 Å². The molecule has 0 unspecified atom stereocenters. The third kappa shape index (κ3) is 7.75. The number of nitrogen functional groups attached to an aromatic ring is 1. The van der Waals surface area contributed by atoms with Crippen LogP contribution in [0.5, 0.6) is 0 Å². The number of carbonyl (C=O) groups excluding carboxylic acids is 2. The number of amides is 2. The predicted octanol–water partition coefficient (Wildman–Crippen LogP) is 4.62. The van der Waals surface area contributed by atoms with Crippen molar-refractivity contribution in [1.29, 1.82) is 0 Å². The minimum atomic E-state index is -3.91. The lowest BCUT2D eigenvalue weighted by atomic mass is 10.1. The van der Waals surface area contributed by atoms with Gasteiger partial charge in [0.25, 0.3) is 5.91 Å². The van der Waals surface area contributed by atoms with E-state index >= 15 is 0 Å². The van der Waals surface area contributed by atoms with Gasteiger partial charge in [-0.05, 0) is 63.1 Å². The van der Waals surface area contributed by atoms with Gasteiger partial charge in [0.05, 0.1) is 17.9 Å². The molecule has 3 rings (SSSR count). The molecule has 1 aliphatic heterocycles. The normalized spacial score (nSPS) is 14.8. The lowest BCUT2D eigenvalue weighted by molar-refractivity contribution is 0.0139. The summed E-state index contributed by atoms with van der Waals surface area (Å²) in [4.78, 5) is 29.5. The van der Waals surface area contributed by atoms with Gasteiger partial charge < -0.3 is 15.4 Å². The molecule has 208 valence electrons. The number of sulfonamides is 1. The van der Waals surface area contributed by atoms with E-state index in [1.165, 1.54) is 13.0 Å². The van der Waals surface area contributed by atoms with Crippen molar-refractivity contribution in [2.45, 2.75) is 46.4 Å². The molecule has 2 aromatic carbocycles. The van der Waals surface area contributed by atoms with Gasteiger partial charge in [-0.25, -0.2) is 17.5 Å². The maximum atomic E-state index is 13.4. The third-order valence-electron chi connectivity index (χ3n) is 6.01. The molecule has 38 heavy (non-hydrogen) atoms. The molecular formula is C26H34Cl2N4O5S. The number of ether oxygens (including phenoxy) is 1. The molecule has 0 aliphatic carbocycles. The Morgan fingerprint density at radius 2 is 1.74 bits per heavy atom. The largest absolute Gasteiger partial charge is 0.444 e. The van der Waals surface area contributed by atoms with Crippen LogP contribution >= 0.6 is 23.2 Å². The SMILES string of the molecule is CCS(=O)(=O)N(Cc1cccc(Cl)c1)C(=O)c1cc(Cl)c(CN2CCN(C(=O)OC(C)(C)C)CC2)cc1N. The van der Waals surface area contributed by atoms with E-state index in [1.807, 2.05) is 20.8 Å². The van der Waals surface area contributed by atoms with Crippen LogP contribution in [-0.2, 0) is 27.8 Å². The van der Waals surface area contributed by atoms with Crippen molar-refractivity contribution in [3.05, 3.63) is 63.1 Å². The smallest absolute Gasteiger partial charge is 0.410 e. The van der Waals surface area contributed by atoms with Crippen molar-refractivity contribution >= 4 is 50.9 Å². The summed E-state index contributed by atoms with van der Waals surface area (Å²) < 4.78 is 31.9. The minimum absolute atomic E-state index is 0.00699. The van der Waals surface area contributed by atoms with Crippen LogP contribution < -0.4 is 5.73 Å². The predicted molar refractivity (Wildman–Crippen MR) is 150 cm³/mol. The van der Waals surface area contributed by atoms with E-state index < -0.39 is 21.5 Å². The number of nitrogens with two attached hydrogens (primary N) is 1. The second-order valence-corrected chi connectivity index (χ2v) is 13.1. The van der Waals surface area contributed by atoms with Crippen LogP contribution in [0.25, 0.3) is 0 Å². The molecule has 0 aromatic heterocycles. The van der Waals surface area contributed by atoms with Crippen molar-refractivity contribution in [3.63, 3.8) is 0 Å². The van der Waals surface area contributed by atoms with Crippen molar-refractivity contribution < 1.29 is 22.7 Å².